The molecule has 2 aromatic carbocycles. The molecule has 0 aliphatic heterocycles. The Morgan fingerprint density at radius 1 is 1.11 bits per heavy atom. The number of hydrogen-bond acceptors (Lipinski definition) is 6. The van der Waals surface area contributed by atoms with Gasteiger partial charge in [0.05, 0.1) is 5.69 Å². The number of hydrogen-bond donors (Lipinski definition) is 4. The van der Waals surface area contributed by atoms with Crippen molar-refractivity contribution in [3.8, 4) is 0 Å². The number of rotatable bonds is 9. The normalized spacial score (nSPS) is 12.3. The number of benzene rings is 2. The molecule has 1 atom stereocenters. The van der Waals surface area contributed by atoms with Crippen LogP contribution in [0.4, 0.5) is 5.69 Å². The minimum Gasteiger partial charge on any atom is -0.395 e. The predicted octanol–water partition coefficient (Wildman–Crippen LogP) is 3.99. The first-order valence-electron chi connectivity index (χ1n) is 11.9. The van der Waals surface area contributed by atoms with Gasteiger partial charge in [-0.3, -0.25) is 14.4 Å². The Labute approximate surface area is 219 Å². The molecule has 0 fully saturated rings. The van der Waals surface area contributed by atoms with Crippen molar-refractivity contribution in [2.75, 3.05) is 5.73 Å². The van der Waals surface area contributed by atoms with Gasteiger partial charge in [-0.1, -0.05) is 55.5 Å². The van der Waals surface area contributed by atoms with Gasteiger partial charge in [0.15, 0.2) is 5.69 Å². The Hall–Kier alpha value is -4.18. The summed E-state index contributed by atoms with van der Waals surface area (Å²) in [5.41, 5.74) is 13.1. The summed E-state index contributed by atoms with van der Waals surface area (Å²) in [6, 6.07) is 16.0. The Morgan fingerprint density at radius 3 is 2.43 bits per heavy atom. The van der Waals surface area contributed by atoms with Crippen LogP contribution in [0.25, 0.3) is 10.9 Å². The van der Waals surface area contributed by atoms with E-state index < -0.39 is 23.4 Å². The molecular formula is C27H30N6O3S. The largest absolute Gasteiger partial charge is 0.395 e. The lowest BCUT2D eigenvalue weighted by Gasteiger charge is -2.34. The van der Waals surface area contributed by atoms with Crippen molar-refractivity contribution < 1.29 is 14.4 Å². The first-order chi connectivity index (χ1) is 17.6. The van der Waals surface area contributed by atoms with Crippen molar-refractivity contribution in [3.63, 3.8) is 0 Å². The molecule has 192 valence electrons. The minimum atomic E-state index is -1.01. The SMILES string of the molecule is CCC(C)(C)NC(=O)[C@@H](c1c[nH]c2ccccc12)N(Cc1ccccc1)C(=O)c1snc(C(N)=O)c1N. The van der Waals surface area contributed by atoms with Gasteiger partial charge in [-0.05, 0) is 43.4 Å². The van der Waals surface area contributed by atoms with Gasteiger partial charge in [-0.15, -0.1) is 0 Å². The molecule has 0 aliphatic rings. The maximum atomic E-state index is 14.1. The Bertz CT molecular complexity index is 1440. The topological polar surface area (TPSA) is 147 Å². The first kappa shape index (κ1) is 25.9. The van der Waals surface area contributed by atoms with E-state index in [4.69, 9.17) is 11.5 Å². The summed E-state index contributed by atoms with van der Waals surface area (Å²) in [5, 5.41) is 3.92. The highest BCUT2D eigenvalue weighted by atomic mass is 32.1. The Morgan fingerprint density at radius 2 is 1.78 bits per heavy atom. The van der Waals surface area contributed by atoms with Gasteiger partial charge in [-0.25, -0.2) is 0 Å². The molecule has 0 radical (unpaired) electrons. The number of carbonyl (C=O) groups is 3. The number of nitrogens with two attached hydrogens (primary N) is 2. The number of nitrogens with one attached hydrogen (secondary N) is 2. The number of para-hydroxylation sites is 1. The molecule has 0 spiro atoms. The van der Waals surface area contributed by atoms with Gasteiger partial charge in [-0.2, -0.15) is 4.37 Å². The fourth-order valence-corrected chi connectivity index (χ4v) is 4.84. The molecule has 0 aliphatic carbocycles. The molecule has 37 heavy (non-hydrogen) atoms. The number of primary amides is 1. The van der Waals surface area contributed by atoms with Crippen molar-refractivity contribution in [1.82, 2.24) is 19.6 Å². The number of carbonyl (C=O) groups excluding carboxylic acids is 3. The predicted molar refractivity (Wildman–Crippen MR) is 145 cm³/mol. The standard InChI is InChI=1S/C27H30N6O3S/c1-4-27(2,3)31-25(35)22(18-14-30-19-13-9-8-12-17(18)19)33(15-16-10-6-5-7-11-16)26(36)23-20(28)21(24(29)34)32-37-23/h5-14,22,30H,4,15,28H2,1-3H3,(H2,29,34)(H,31,35)/t22-/m1/s1. The van der Waals surface area contributed by atoms with Crippen molar-refractivity contribution in [2.24, 2.45) is 5.73 Å². The van der Waals surface area contributed by atoms with Crippen LogP contribution in [-0.2, 0) is 11.3 Å². The lowest BCUT2D eigenvalue weighted by atomic mass is 9.97. The van der Waals surface area contributed by atoms with E-state index >= 15 is 0 Å². The third kappa shape index (κ3) is 5.34. The maximum Gasteiger partial charge on any atom is 0.270 e. The lowest BCUT2D eigenvalue weighted by Crippen LogP contribution is -2.50. The average Bonchev–Trinajstić information content (AvgIpc) is 3.47. The van der Waals surface area contributed by atoms with Crippen LogP contribution in [0, 0.1) is 0 Å². The van der Waals surface area contributed by atoms with E-state index in [1.54, 1.807) is 6.20 Å². The van der Waals surface area contributed by atoms with Crippen LogP contribution in [0.1, 0.15) is 64.5 Å². The van der Waals surface area contributed by atoms with Crippen LogP contribution >= 0.6 is 11.5 Å². The zero-order chi connectivity index (χ0) is 26.7. The summed E-state index contributed by atoms with van der Waals surface area (Å²) in [6.07, 6.45) is 2.44. The second-order valence-corrected chi connectivity index (χ2v) is 10.2. The van der Waals surface area contributed by atoms with E-state index in [0.29, 0.717) is 12.0 Å². The number of anilines is 1. The van der Waals surface area contributed by atoms with Crippen molar-refractivity contribution in [2.45, 2.75) is 45.3 Å². The smallest absolute Gasteiger partial charge is 0.270 e. The first-order valence-corrected chi connectivity index (χ1v) is 12.7. The quantitative estimate of drug-likeness (QED) is 0.264. The number of nitrogens with zero attached hydrogens (tertiary/aromatic N) is 2. The lowest BCUT2D eigenvalue weighted by molar-refractivity contribution is -0.127. The summed E-state index contributed by atoms with van der Waals surface area (Å²) in [7, 11) is 0. The van der Waals surface area contributed by atoms with Gasteiger partial charge in [0, 0.05) is 34.7 Å². The molecule has 0 saturated carbocycles. The molecule has 0 bridgehead atoms. The second kappa shape index (κ2) is 10.4. The summed E-state index contributed by atoms with van der Waals surface area (Å²) in [5.74, 6) is -1.68. The third-order valence-corrected chi connectivity index (χ3v) is 7.28. The summed E-state index contributed by atoms with van der Waals surface area (Å²) in [4.78, 5) is 44.6. The highest BCUT2D eigenvalue weighted by molar-refractivity contribution is 7.09. The molecule has 4 rings (SSSR count). The van der Waals surface area contributed by atoms with Crippen molar-refractivity contribution >= 4 is 45.8 Å². The fourth-order valence-electron chi connectivity index (χ4n) is 4.08. The van der Waals surface area contributed by atoms with Crippen LogP contribution in [0.2, 0.25) is 0 Å². The van der Waals surface area contributed by atoms with Crippen LogP contribution in [-0.4, -0.2) is 37.5 Å². The number of H-pyrrole nitrogens is 1. The summed E-state index contributed by atoms with van der Waals surface area (Å²) < 4.78 is 4.00. The minimum absolute atomic E-state index is 0.0529. The van der Waals surface area contributed by atoms with Crippen LogP contribution < -0.4 is 16.8 Å². The molecule has 4 aromatic rings. The van der Waals surface area contributed by atoms with Gasteiger partial charge in [0.1, 0.15) is 10.9 Å². The van der Waals surface area contributed by atoms with E-state index in [1.807, 2.05) is 75.4 Å². The van der Waals surface area contributed by atoms with Gasteiger partial charge >= 0.3 is 0 Å². The van der Waals surface area contributed by atoms with Gasteiger partial charge in [0.25, 0.3) is 11.8 Å². The number of amides is 3. The molecule has 10 heteroatoms. The molecule has 2 aromatic heterocycles. The zero-order valence-electron chi connectivity index (χ0n) is 20.9. The highest BCUT2D eigenvalue weighted by Gasteiger charge is 2.37. The third-order valence-electron chi connectivity index (χ3n) is 6.43. The van der Waals surface area contributed by atoms with E-state index in [1.165, 1.54) is 4.90 Å². The van der Waals surface area contributed by atoms with Crippen molar-refractivity contribution in [3.05, 3.63) is 82.5 Å². The molecule has 3 amide bonds. The van der Waals surface area contributed by atoms with Crippen LogP contribution in [0.15, 0.2) is 60.8 Å². The molecular weight excluding hydrogens is 488 g/mol. The summed E-state index contributed by atoms with van der Waals surface area (Å²) >= 11 is 0.793. The van der Waals surface area contributed by atoms with Crippen LogP contribution in [0.3, 0.4) is 0 Å². The Balaban J connectivity index is 1.89. The molecule has 2 heterocycles. The number of aromatic nitrogens is 2. The maximum absolute atomic E-state index is 14.1. The number of aromatic amines is 1. The highest BCUT2D eigenvalue weighted by Crippen LogP contribution is 2.34. The zero-order valence-corrected chi connectivity index (χ0v) is 21.8. The van der Waals surface area contributed by atoms with Crippen LogP contribution in [0.5, 0.6) is 0 Å². The number of nitrogen functional groups attached to an aromatic ring is 1. The van der Waals surface area contributed by atoms with Gasteiger partial charge < -0.3 is 26.7 Å². The average molecular weight is 519 g/mol. The Kier molecular flexibility index (Phi) is 7.30. The molecule has 0 saturated heterocycles. The molecule has 6 N–H and O–H groups in total. The summed E-state index contributed by atoms with van der Waals surface area (Å²) in [6.45, 7) is 5.96. The van der Waals surface area contributed by atoms with Crippen molar-refractivity contribution in [1.29, 1.82) is 0 Å². The molecule has 9 nitrogen and oxygen atoms in total. The second-order valence-electron chi connectivity index (χ2n) is 9.48. The van der Waals surface area contributed by atoms with E-state index in [2.05, 4.69) is 14.7 Å². The van der Waals surface area contributed by atoms with E-state index in [0.717, 1.165) is 28.0 Å². The van der Waals surface area contributed by atoms with E-state index in [9.17, 15) is 14.4 Å². The van der Waals surface area contributed by atoms with Gasteiger partial charge in [0.2, 0.25) is 5.91 Å². The molecule has 0 unspecified atom stereocenters. The van der Waals surface area contributed by atoms with E-state index in [-0.39, 0.29) is 28.7 Å². The number of fused-ring (bicyclic) bond motifs is 1. The fraction of sp³-hybridized carbons (Fsp3) is 0.259. The monoisotopic (exact) mass is 518 g/mol.